The molecule has 1 aromatic heterocycles. The van der Waals surface area contributed by atoms with Gasteiger partial charge in [0.2, 0.25) is 0 Å². The molecule has 1 unspecified atom stereocenters. The van der Waals surface area contributed by atoms with Crippen molar-refractivity contribution in [3.63, 3.8) is 0 Å². The first-order chi connectivity index (χ1) is 23.0. The lowest BCUT2D eigenvalue weighted by molar-refractivity contribution is -0.659. The molecule has 0 saturated carbocycles. The van der Waals surface area contributed by atoms with E-state index in [1.807, 2.05) is 0 Å². The highest BCUT2D eigenvalue weighted by Gasteiger charge is 2.40. The second-order valence-electron chi connectivity index (χ2n) is 13.0. The zero-order valence-electron chi connectivity index (χ0n) is 28.4. The van der Waals surface area contributed by atoms with Gasteiger partial charge in [0.05, 0.1) is 18.3 Å². The summed E-state index contributed by atoms with van der Waals surface area (Å²) in [7, 11) is 2.18. The second kappa shape index (κ2) is 12.7. The molecule has 2 aliphatic rings. The van der Waals surface area contributed by atoms with E-state index in [4.69, 9.17) is 5.10 Å². The highest BCUT2D eigenvalue weighted by Crippen LogP contribution is 2.46. The Morgan fingerprint density at radius 1 is 0.809 bits per heavy atom. The second-order valence-corrected chi connectivity index (χ2v) is 13.0. The number of benzene rings is 4. The van der Waals surface area contributed by atoms with E-state index in [0.29, 0.717) is 0 Å². The zero-order valence-corrected chi connectivity index (χ0v) is 28.4. The van der Waals surface area contributed by atoms with E-state index in [-0.39, 0.29) is 11.6 Å². The molecule has 1 atom stereocenters. The largest absolute Gasteiger partial charge is 0.302 e. The minimum atomic E-state index is -0.113. The summed E-state index contributed by atoms with van der Waals surface area (Å²) in [6.07, 6.45) is 12.5. The summed E-state index contributed by atoms with van der Waals surface area (Å²) in [5, 5.41) is 7.62. The molecule has 0 amide bonds. The summed E-state index contributed by atoms with van der Waals surface area (Å²) in [5.41, 5.74) is 9.75. The van der Waals surface area contributed by atoms with Gasteiger partial charge in [-0.1, -0.05) is 100.0 Å². The quantitative estimate of drug-likeness (QED) is 0.154. The van der Waals surface area contributed by atoms with Crippen LogP contribution in [-0.4, -0.2) is 16.6 Å². The van der Waals surface area contributed by atoms with Crippen molar-refractivity contribution in [2.24, 2.45) is 12.1 Å². The number of fused-ring (bicyclic) bond motifs is 3. The fourth-order valence-electron chi connectivity index (χ4n) is 7.57. The van der Waals surface area contributed by atoms with Crippen LogP contribution in [0.4, 0.5) is 11.4 Å². The monoisotopic (exact) mass is 620 g/mol. The number of hydrazone groups is 1. The van der Waals surface area contributed by atoms with Crippen LogP contribution in [0.15, 0.2) is 127 Å². The molecule has 7 rings (SSSR count). The number of anilines is 2. The minimum Gasteiger partial charge on any atom is -0.302 e. The molecule has 0 spiro atoms. The lowest BCUT2D eigenvalue weighted by Crippen LogP contribution is -2.40. The number of imidazole rings is 1. The van der Waals surface area contributed by atoms with Gasteiger partial charge in [-0.25, -0.2) is 9.58 Å². The number of nitrogens with zero attached hydrogens (tertiary/aromatic N) is 5. The SMILES string of the molecule is CCCCc1ccc2c(c1)-c1n(cc[n+]1C)C(c1ccccc1N1N=C(c3ccccc3)N(c3ccccc3)C1C)=CC2(CC)CC. The number of hydrogen-bond donors (Lipinski definition) is 0. The maximum Gasteiger partial charge on any atom is 0.294 e. The van der Waals surface area contributed by atoms with Crippen LogP contribution in [0.5, 0.6) is 0 Å². The summed E-state index contributed by atoms with van der Waals surface area (Å²) >= 11 is 0. The molecule has 238 valence electrons. The molecule has 0 aliphatic carbocycles. The molecular formula is C42H46N5+. The van der Waals surface area contributed by atoms with Crippen molar-refractivity contribution in [2.75, 3.05) is 9.91 Å². The van der Waals surface area contributed by atoms with Crippen LogP contribution in [0, 0.1) is 0 Å². The third-order valence-electron chi connectivity index (χ3n) is 10.3. The first kappa shape index (κ1) is 30.7. The summed E-state index contributed by atoms with van der Waals surface area (Å²) in [6.45, 7) is 9.21. The molecule has 0 radical (unpaired) electrons. The fourth-order valence-corrected chi connectivity index (χ4v) is 7.57. The third-order valence-corrected chi connectivity index (χ3v) is 10.3. The average molecular weight is 621 g/mol. The van der Waals surface area contributed by atoms with Crippen LogP contribution >= 0.6 is 0 Å². The lowest BCUT2D eigenvalue weighted by atomic mass is 9.73. The van der Waals surface area contributed by atoms with Gasteiger partial charge in [-0.3, -0.25) is 0 Å². The Morgan fingerprint density at radius 3 is 2.23 bits per heavy atom. The Balaban J connectivity index is 1.42. The maximum absolute atomic E-state index is 5.40. The Labute approximate surface area is 280 Å². The number of unbranched alkanes of at least 4 members (excludes halogenated alkanes) is 1. The standard InChI is InChI=1S/C42H46N5/c1-6-9-18-32-25-26-37-36(29-32)41-44(5)27-28-45(41)39(30-42(37,7-2)8-3)35-23-16-17-24-38(35)47-31(4)46(34-21-14-11-15-22-34)40(43-47)33-19-12-10-13-20-33/h10-17,19-31H,6-9,18H2,1-5H3/q+1. The normalized spacial score (nSPS) is 16.7. The van der Waals surface area contributed by atoms with Gasteiger partial charge >= 0.3 is 0 Å². The Bertz CT molecular complexity index is 1930. The third kappa shape index (κ3) is 5.28. The van der Waals surface area contributed by atoms with E-state index in [9.17, 15) is 0 Å². The smallest absolute Gasteiger partial charge is 0.294 e. The molecule has 0 N–H and O–H groups in total. The Kier molecular flexibility index (Phi) is 8.31. The van der Waals surface area contributed by atoms with E-state index in [0.717, 1.165) is 42.0 Å². The van der Waals surface area contributed by atoms with E-state index in [1.165, 1.54) is 46.6 Å². The van der Waals surface area contributed by atoms with Crippen molar-refractivity contribution in [1.82, 2.24) is 4.57 Å². The summed E-state index contributed by atoms with van der Waals surface area (Å²) in [4.78, 5) is 2.35. The lowest BCUT2D eigenvalue weighted by Gasteiger charge is -2.31. The van der Waals surface area contributed by atoms with Crippen molar-refractivity contribution in [3.8, 4) is 11.4 Å². The number of rotatable bonds is 9. The van der Waals surface area contributed by atoms with Gasteiger partial charge < -0.3 is 4.90 Å². The average Bonchev–Trinajstić information content (AvgIpc) is 3.64. The molecule has 47 heavy (non-hydrogen) atoms. The molecular weight excluding hydrogens is 574 g/mol. The number of hydrogen-bond acceptors (Lipinski definition) is 3. The number of aryl methyl sites for hydroxylation is 2. The molecule has 5 aromatic rings. The van der Waals surface area contributed by atoms with Gasteiger partial charge in [0.15, 0.2) is 5.84 Å². The zero-order chi connectivity index (χ0) is 32.5. The van der Waals surface area contributed by atoms with Gasteiger partial charge in [0, 0.05) is 22.2 Å². The van der Waals surface area contributed by atoms with Crippen LogP contribution in [0.2, 0.25) is 0 Å². The molecule has 2 aliphatic heterocycles. The van der Waals surface area contributed by atoms with Crippen LogP contribution in [-0.2, 0) is 18.9 Å². The van der Waals surface area contributed by atoms with Gasteiger partial charge in [-0.2, -0.15) is 9.67 Å². The summed E-state index contributed by atoms with van der Waals surface area (Å²) < 4.78 is 4.72. The van der Waals surface area contributed by atoms with Gasteiger partial charge in [0.1, 0.15) is 24.3 Å². The first-order valence-corrected chi connectivity index (χ1v) is 17.3. The Morgan fingerprint density at radius 2 is 1.51 bits per heavy atom. The molecule has 0 bridgehead atoms. The predicted octanol–water partition coefficient (Wildman–Crippen LogP) is 9.32. The molecule has 5 heteroatoms. The molecule has 0 saturated heterocycles. The molecule has 5 nitrogen and oxygen atoms in total. The fraction of sp³-hybridized carbons (Fsp3) is 0.286. The van der Waals surface area contributed by atoms with E-state index < -0.39 is 0 Å². The number of para-hydroxylation sites is 2. The molecule has 4 aromatic carbocycles. The van der Waals surface area contributed by atoms with E-state index in [1.54, 1.807) is 0 Å². The van der Waals surface area contributed by atoms with Gasteiger partial charge in [0.25, 0.3) is 5.82 Å². The highest BCUT2D eigenvalue weighted by molar-refractivity contribution is 6.12. The van der Waals surface area contributed by atoms with Crippen molar-refractivity contribution in [1.29, 1.82) is 0 Å². The highest BCUT2D eigenvalue weighted by atomic mass is 15.6. The minimum absolute atomic E-state index is 0.0409. The maximum atomic E-state index is 5.40. The van der Waals surface area contributed by atoms with Crippen LogP contribution in [0.1, 0.15) is 75.6 Å². The summed E-state index contributed by atoms with van der Waals surface area (Å²) in [5.74, 6) is 2.17. The number of allylic oxidation sites excluding steroid dienone is 1. The van der Waals surface area contributed by atoms with Crippen molar-refractivity contribution >= 4 is 22.9 Å². The first-order valence-electron chi connectivity index (χ1n) is 17.3. The molecule has 3 heterocycles. The van der Waals surface area contributed by atoms with Crippen LogP contribution in [0.25, 0.3) is 17.1 Å². The van der Waals surface area contributed by atoms with Crippen molar-refractivity contribution < 1.29 is 4.57 Å². The van der Waals surface area contributed by atoms with Crippen LogP contribution < -0.4 is 14.5 Å². The van der Waals surface area contributed by atoms with Crippen molar-refractivity contribution in [3.05, 3.63) is 144 Å². The predicted molar refractivity (Wildman–Crippen MR) is 196 cm³/mol. The van der Waals surface area contributed by atoms with Crippen molar-refractivity contribution in [2.45, 2.75) is 71.4 Å². The number of amidine groups is 1. The van der Waals surface area contributed by atoms with E-state index in [2.05, 4.69) is 175 Å². The van der Waals surface area contributed by atoms with Gasteiger partial charge in [-0.05, 0) is 80.1 Å². The topological polar surface area (TPSA) is 27.6 Å². The Hall–Kier alpha value is -4.90. The molecule has 0 fully saturated rings. The van der Waals surface area contributed by atoms with Gasteiger partial charge in [-0.15, -0.1) is 0 Å². The summed E-state index contributed by atoms with van der Waals surface area (Å²) in [6, 6.07) is 37.3. The van der Waals surface area contributed by atoms with Crippen LogP contribution in [0.3, 0.4) is 0 Å². The number of aromatic nitrogens is 2. The van der Waals surface area contributed by atoms with E-state index >= 15 is 0 Å².